The fourth-order valence-corrected chi connectivity index (χ4v) is 2.84. The molecule has 0 aliphatic carbocycles. The van der Waals surface area contributed by atoms with Gasteiger partial charge in [-0.25, -0.2) is 0 Å². The number of rotatable bonds is 3. The van der Waals surface area contributed by atoms with Gasteiger partial charge in [0.2, 0.25) is 0 Å². The van der Waals surface area contributed by atoms with Crippen LogP contribution in [0, 0.1) is 0 Å². The summed E-state index contributed by atoms with van der Waals surface area (Å²) in [7, 11) is 0. The second-order valence-corrected chi connectivity index (χ2v) is 4.64. The van der Waals surface area contributed by atoms with Gasteiger partial charge in [-0.05, 0) is 25.0 Å². The van der Waals surface area contributed by atoms with E-state index in [9.17, 15) is 0 Å². The molecule has 1 aliphatic heterocycles. The van der Waals surface area contributed by atoms with Crippen LogP contribution in [0.25, 0.3) is 0 Å². The van der Waals surface area contributed by atoms with E-state index in [4.69, 9.17) is 9.90 Å². The number of unbranched alkanes of at least 4 members (excludes halogenated alkanes) is 1. The Hall–Kier alpha value is -0.180. The SMILES string of the molecule is CCCCC1CCCCS1.O=CO. The molecule has 0 saturated carbocycles. The second-order valence-electron chi connectivity index (χ2n) is 3.24. The Morgan fingerprint density at radius 3 is 2.69 bits per heavy atom. The number of hydrogen-bond donors (Lipinski definition) is 1. The maximum atomic E-state index is 8.36. The lowest BCUT2D eigenvalue weighted by Gasteiger charge is -2.20. The Morgan fingerprint density at radius 2 is 2.23 bits per heavy atom. The summed E-state index contributed by atoms with van der Waals surface area (Å²) in [5, 5.41) is 7.91. The van der Waals surface area contributed by atoms with Gasteiger partial charge in [0, 0.05) is 5.25 Å². The summed E-state index contributed by atoms with van der Waals surface area (Å²) in [6.07, 6.45) is 8.73. The Kier molecular flexibility index (Phi) is 9.77. The molecule has 1 N–H and O–H groups in total. The van der Waals surface area contributed by atoms with Gasteiger partial charge in [0.05, 0.1) is 0 Å². The summed E-state index contributed by atoms with van der Waals surface area (Å²) >= 11 is 2.20. The van der Waals surface area contributed by atoms with Crippen molar-refractivity contribution in [3.05, 3.63) is 0 Å². The molecule has 1 rings (SSSR count). The van der Waals surface area contributed by atoms with Crippen molar-refractivity contribution >= 4 is 18.2 Å². The quantitative estimate of drug-likeness (QED) is 0.717. The topological polar surface area (TPSA) is 37.3 Å². The highest BCUT2D eigenvalue weighted by molar-refractivity contribution is 7.99. The Labute approximate surface area is 85.1 Å². The van der Waals surface area contributed by atoms with Gasteiger partial charge in [-0.3, -0.25) is 4.79 Å². The van der Waals surface area contributed by atoms with Crippen molar-refractivity contribution in [2.75, 3.05) is 5.75 Å². The maximum absolute atomic E-state index is 8.36. The van der Waals surface area contributed by atoms with E-state index in [0.29, 0.717) is 0 Å². The Balaban J connectivity index is 0.000000424. The molecule has 2 nitrogen and oxygen atoms in total. The van der Waals surface area contributed by atoms with Gasteiger partial charge in [0.15, 0.2) is 0 Å². The van der Waals surface area contributed by atoms with Crippen LogP contribution in [0.1, 0.15) is 45.4 Å². The van der Waals surface area contributed by atoms with Gasteiger partial charge in [-0.1, -0.05) is 26.2 Å². The van der Waals surface area contributed by atoms with Gasteiger partial charge >= 0.3 is 0 Å². The van der Waals surface area contributed by atoms with Crippen LogP contribution in [0.3, 0.4) is 0 Å². The Morgan fingerprint density at radius 1 is 1.54 bits per heavy atom. The highest BCUT2D eigenvalue weighted by Gasteiger charge is 2.12. The average Bonchev–Trinajstić information content (AvgIpc) is 2.18. The molecule has 1 unspecified atom stereocenters. The molecular formula is C10H20O2S. The second kappa shape index (κ2) is 9.90. The summed E-state index contributed by atoms with van der Waals surface area (Å²) in [6.45, 7) is 2.04. The lowest BCUT2D eigenvalue weighted by atomic mass is 10.1. The van der Waals surface area contributed by atoms with Crippen LogP contribution in [-0.4, -0.2) is 22.6 Å². The fourth-order valence-electron chi connectivity index (χ4n) is 1.47. The molecule has 0 radical (unpaired) electrons. The largest absolute Gasteiger partial charge is 0.483 e. The number of hydrogen-bond acceptors (Lipinski definition) is 2. The normalized spacial score (nSPS) is 21.5. The van der Waals surface area contributed by atoms with E-state index in [0.717, 1.165) is 5.25 Å². The molecule has 0 aromatic carbocycles. The van der Waals surface area contributed by atoms with E-state index in [2.05, 4.69) is 18.7 Å². The van der Waals surface area contributed by atoms with Gasteiger partial charge < -0.3 is 5.11 Å². The molecule has 13 heavy (non-hydrogen) atoms. The van der Waals surface area contributed by atoms with Crippen LogP contribution in [0.4, 0.5) is 0 Å². The minimum atomic E-state index is -0.250. The summed E-state index contributed by atoms with van der Waals surface area (Å²) in [4.78, 5) is 8.36. The lowest BCUT2D eigenvalue weighted by Crippen LogP contribution is -2.08. The molecule has 0 amide bonds. The predicted octanol–water partition coefficient (Wildman–Crippen LogP) is 3.16. The van der Waals surface area contributed by atoms with Crippen molar-refractivity contribution in [2.45, 2.75) is 50.7 Å². The van der Waals surface area contributed by atoms with Crippen molar-refractivity contribution in [3.8, 4) is 0 Å². The predicted molar refractivity (Wildman–Crippen MR) is 58.3 cm³/mol. The van der Waals surface area contributed by atoms with Gasteiger partial charge in [0.25, 0.3) is 6.47 Å². The van der Waals surface area contributed by atoms with Gasteiger partial charge in [-0.15, -0.1) is 0 Å². The molecule has 3 heteroatoms. The number of carbonyl (C=O) groups is 1. The molecule has 1 heterocycles. The molecule has 78 valence electrons. The average molecular weight is 204 g/mol. The van der Waals surface area contributed by atoms with Crippen LogP contribution in [0.5, 0.6) is 0 Å². The standard InChI is InChI=1S/C9H18S.CH2O2/c1-2-3-6-9-7-4-5-8-10-9;2-1-3/h9H,2-8H2,1H3;1H,(H,2,3). The highest BCUT2D eigenvalue weighted by Crippen LogP contribution is 2.28. The lowest BCUT2D eigenvalue weighted by molar-refractivity contribution is -0.122. The van der Waals surface area contributed by atoms with Crippen LogP contribution in [0.15, 0.2) is 0 Å². The summed E-state index contributed by atoms with van der Waals surface area (Å²) in [5.74, 6) is 1.42. The molecule has 1 saturated heterocycles. The van der Waals surface area contributed by atoms with Crippen LogP contribution < -0.4 is 0 Å². The van der Waals surface area contributed by atoms with Crippen LogP contribution >= 0.6 is 11.8 Å². The minimum Gasteiger partial charge on any atom is -0.483 e. The zero-order chi connectivity index (χ0) is 9.94. The van der Waals surface area contributed by atoms with E-state index in [-0.39, 0.29) is 6.47 Å². The third-order valence-electron chi connectivity index (χ3n) is 2.15. The zero-order valence-corrected chi connectivity index (χ0v) is 9.18. The number of carboxylic acid groups (broad SMARTS) is 1. The van der Waals surface area contributed by atoms with Gasteiger partial charge in [0.1, 0.15) is 0 Å². The molecule has 1 aliphatic rings. The van der Waals surface area contributed by atoms with E-state index < -0.39 is 0 Å². The number of thioether (sulfide) groups is 1. The summed E-state index contributed by atoms with van der Waals surface area (Å²) in [6, 6.07) is 0. The Bertz CT molecular complexity index is 111. The van der Waals surface area contributed by atoms with Crippen molar-refractivity contribution in [2.24, 2.45) is 0 Å². The van der Waals surface area contributed by atoms with Crippen LogP contribution in [-0.2, 0) is 4.79 Å². The summed E-state index contributed by atoms with van der Waals surface area (Å²) < 4.78 is 0. The first-order chi connectivity index (χ1) is 6.35. The first-order valence-corrected chi connectivity index (χ1v) is 6.09. The first kappa shape index (κ1) is 12.8. The monoisotopic (exact) mass is 204 g/mol. The van der Waals surface area contributed by atoms with E-state index in [1.807, 2.05) is 0 Å². The van der Waals surface area contributed by atoms with Crippen molar-refractivity contribution in [3.63, 3.8) is 0 Å². The third-order valence-corrected chi connectivity index (χ3v) is 3.62. The fraction of sp³-hybridized carbons (Fsp3) is 0.900. The molecule has 0 bridgehead atoms. The van der Waals surface area contributed by atoms with Crippen molar-refractivity contribution < 1.29 is 9.90 Å². The molecule has 0 aromatic heterocycles. The molecule has 0 spiro atoms. The van der Waals surface area contributed by atoms with Gasteiger partial charge in [-0.2, -0.15) is 11.8 Å². The zero-order valence-electron chi connectivity index (χ0n) is 8.37. The smallest absolute Gasteiger partial charge is 0.290 e. The molecule has 1 fully saturated rings. The molecular weight excluding hydrogens is 184 g/mol. The van der Waals surface area contributed by atoms with E-state index in [1.54, 1.807) is 0 Å². The summed E-state index contributed by atoms with van der Waals surface area (Å²) in [5.41, 5.74) is 0. The highest BCUT2D eigenvalue weighted by atomic mass is 32.2. The van der Waals surface area contributed by atoms with Crippen molar-refractivity contribution in [1.82, 2.24) is 0 Å². The van der Waals surface area contributed by atoms with Crippen molar-refractivity contribution in [1.29, 1.82) is 0 Å². The molecule has 0 aromatic rings. The van der Waals surface area contributed by atoms with Crippen LogP contribution in [0.2, 0.25) is 0 Å². The molecule has 1 atom stereocenters. The van der Waals surface area contributed by atoms with E-state index >= 15 is 0 Å². The third kappa shape index (κ3) is 8.16. The van der Waals surface area contributed by atoms with E-state index in [1.165, 1.54) is 44.3 Å². The first-order valence-electron chi connectivity index (χ1n) is 5.04. The minimum absolute atomic E-state index is 0.250. The maximum Gasteiger partial charge on any atom is 0.290 e.